The number of aliphatic imine (C=N–C) groups is 1. The molecule has 0 spiro atoms. The van der Waals surface area contributed by atoms with Gasteiger partial charge in [-0.25, -0.2) is 0 Å². The summed E-state index contributed by atoms with van der Waals surface area (Å²) in [5.74, 6) is 1.94. The maximum atomic E-state index is 5.31. The molecule has 0 aromatic carbocycles. The highest BCUT2D eigenvalue weighted by molar-refractivity contribution is 8.14. The van der Waals surface area contributed by atoms with Crippen molar-refractivity contribution in [3.05, 3.63) is 0 Å². The van der Waals surface area contributed by atoms with Crippen molar-refractivity contribution in [2.75, 3.05) is 32.1 Å². The Bertz CT molecular complexity index is 190. The molecule has 2 aliphatic rings. The minimum absolute atomic E-state index is 0.789. The summed E-state index contributed by atoms with van der Waals surface area (Å²) in [4.78, 5) is 4.36. The standard InChI is InChI=1S/C9H16N2OS/c1-4-12-5-2-8(1)7-11-9-10-3-6-13-9/h8H,1-7H2,(H,10,11). The summed E-state index contributed by atoms with van der Waals surface area (Å²) < 4.78 is 5.31. The Hall–Kier alpha value is -0.220. The highest BCUT2D eigenvalue weighted by Gasteiger charge is 2.14. The van der Waals surface area contributed by atoms with E-state index in [-0.39, 0.29) is 0 Å². The van der Waals surface area contributed by atoms with Crippen molar-refractivity contribution in [2.24, 2.45) is 10.9 Å². The number of nitrogens with one attached hydrogen (secondary N) is 1. The monoisotopic (exact) mass is 200 g/mol. The summed E-state index contributed by atoms with van der Waals surface area (Å²) in [5, 5.41) is 4.55. The van der Waals surface area contributed by atoms with Crippen LogP contribution in [0.2, 0.25) is 0 Å². The van der Waals surface area contributed by atoms with Crippen LogP contribution < -0.4 is 5.32 Å². The Balaban J connectivity index is 1.66. The topological polar surface area (TPSA) is 33.6 Å². The molecule has 0 atom stereocenters. The molecule has 2 heterocycles. The van der Waals surface area contributed by atoms with Crippen molar-refractivity contribution in [3.8, 4) is 0 Å². The van der Waals surface area contributed by atoms with Crippen LogP contribution in [0.4, 0.5) is 0 Å². The van der Waals surface area contributed by atoms with Gasteiger partial charge >= 0.3 is 0 Å². The smallest absolute Gasteiger partial charge is 0.156 e. The normalized spacial score (nSPS) is 24.5. The molecule has 2 aliphatic heterocycles. The molecule has 0 amide bonds. The van der Waals surface area contributed by atoms with E-state index in [1.165, 1.54) is 12.8 Å². The summed E-state index contributed by atoms with van der Waals surface area (Å²) >= 11 is 1.84. The molecule has 1 fully saturated rings. The maximum absolute atomic E-state index is 5.31. The predicted octanol–water partition coefficient (Wildman–Crippen LogP) is 1.11. The first kappa shape index (κ1) is 9.34. The molecular weight excluding hydrogens is 184 g/mol. The highest BCUT2D eigenvalue weighted by atomic mass is 32.2. The maximum Gasteiger partial charge on any atom is 0.156 e. The Morgan fingerprint density at radius 3 is 3.00 bits per heavy atom. The van der Waals surface area contributed by atoms with Crippen molar-refractivity contribution >= 4 is 16.9 Å². The third-order valence-electron chi connectivity index (χ3n) is 2.47. The van der Waals surface area contributed by atoms with E-state index in [0.717, 1.165) is 43.1 Å². The van der Waals surface area contributed by atoms with E-state index in [9.17, 15) is 0 Å². The van der Waals surface area contributed by atoms with Gasteiger partial charge in [0.2, 0.25) is 0 Å². The molecule has 13 heavy (non-hydrogen) atoms. The number of thioether (sulfide) groups is 1. The fraction of sp³-hybridized carbons (Fsp3) is 0.889. The van der Waals surface area contributed by atoms with Crippen LogP contribution in [0.1, 0.15) is 12.8 Å². The molecule has 0 saturated carbocycles. The highest BCUT2D eigenvalue weighted by Crippen LogP contribution is 2.15. The van der Waals surface area contributed by atoms with Crippen molar-refractivity contribution < 1.29 is 4.74 Å². The van der Waals surface area contributed by atoms with Gasteiger partial charge < -0.3 is 10.1 Å². The molecule has 74 valence electrons. The average Bonchev–Trinajstić information content (AvgIpc) is 2.69. The lowest BCUT2D eigenvalue weighted by molar-refractivity contribution is 0.0676. The number of hydrogen-bond acceptors (Lipinski definition) is 4. The molecular formula is C9H16N2OS. The lowest BCUT2D eigenvalue weighted by Crippen LogP contribution is -2.30. The minimum atomic E-state index is 0.789. The van der Waals surface area contributed by atoms with Crippen LogP contribution in [0.5, 0.6) is 0 Å². The second-order valence-electron chi connectivity index (χ2n) is 3.47. The number of rotatable bonds is 2. The first-order valence-electron chi connectivity index (χ1n) is 4.94. The molecule has 0 radical (unpaired) electrons. The summed E-state index contributed by atoms with van der Waals surface area (Å²) in [6.45, 7) is 3.94. The predicted molar refractivity (Wildman–Crippen MR) is 56.3 cm³/mol. The average molecular weight is 200 g/mol. The van der Waals surface area contributed by atoms with Gasteiger partial charge in [-0.05, 0) is 18.8 Å². The Morgan fingerprint density at radius 1 is 1.46 bits per heavy atom. The van der Waals surface area contributed by atoms with Crippen LogP contribution in [0, 0.1) is 5.92 Å². The van der Waals surface area contributed by atoms with Gasteiger partial charge in [0.25, 0.3) is 0 Å². The third kappa shape index (κ3) is 2.88. The largest absolute Gasteiger partial charge is 0.381 e. The SMILES string of the molecule is C1CSC(NCC2CCOCC2)=N1. The van der Waals surface area contributed by atoms with Gasteiger partial charge in [0, 0.05) is 25.5 Å². The number of ether oxygens (including phenoxy) is 1. The van der Waals surface area contributed by atoms with Crippen molar-refractivity contribution in [1.29, 1.82) is 0 Å². The van der Waals surface area contributed by atoms with Crippen molar-refractivity contribution in [2.45, 2.75) is 12.8 Å². The summed E-state index contributed by atoms with van der Waals surface area (Å²) in [6.07, 6.45) is 2.40. The summed E-state index contributed by atoms with van der Waals surface area (Å²) in [5.41, 5.74) is 0. The number of hydrogen-bond donors (Lipinski definition) is 1. The molecule has 0 aliphatic carbocycles. The zero-order valence-electron chi connectivity index (χ0n) is 7.79. The molecule has 0 aromatic heterocycles. The zero-order valence-corrected chi connectivity index (χ0v) is 8.61. The molecule has 2 rings (SSSR count). The van der Waals surface area contributed by atoms with E-state index in [4.69, 9.17) is 4.74 Å². The van der Waals surface area contributed by atoms with Crippen molar-refractivity contribution in [3.63, 3.8) is 0 Å². The molecule has 0 bridgehead atoms. The van der Waals surface area contributed by atoms with Gasteiger partial charge in [-0.3, -0.25) is 4.99 Å². The van der Waals surface area contributed by atoms with Crippen LogP contribution in [-0.2, 0) is 4.74 Å². The fourth-order valence-electron chi connectivity index (χ4n) is 1.62. The van der Waals surface area contributed by atoms with Crippen LogP contribution in [0.15, 0.2) is 4.99 Å². The molecule has 1 N–H and O–H groups in total. The quantitative estimate of drug-likeness (QED) is 0.725. The van der Waals surface area contributed by atoms with Crippen LogP contribution in [-0.4, -0.2) is 37.2 Å². The molecule has 4 heteroatoms. The van der Waals surface area contributed by atoms with Crippen LogP contribution in [0.3, 0.4) is 0 Å². The molecule has 1 saturated heterocycles. The van der Waals surface area contributed by atoms with Gasteiger partial charge in [-0.2, -0.15) is 0 Å². The van der Waals surface area contributed by atoms with Gasteiger partial charge in [0.05, 0.1) is 6.54 Å². The second kappa shape index (κ2) is 4.86. The first-order valence-corrected chi connectivity index (χ1v) is 5.92. The van der Waals surface area contributed by atoms with E-state index in [0.29, 0.717) is 0 Å². The van der Waals surface area contributed by atoms with E-state index < -0.39 is 0 Å². The summed E-state index contributed by atoms with van der Waals surface area (Å²) in [7, 11) is 0. The lowest BCUT2D eigenvalue weighted by atomic mass is 10.0. The van der Waals surface area contributed by atoms with Crippen LogP contribution >= 0.6 is 11.8 Å². The summed E-state index contributed by atoms with van der Waals surface area (Å²) in [6, 6.07) is 0. The van der Waals surface area contributed by atoms with E-state index >= 15 is 0 Å². The van der Waals surface area contributed by atoms with Gasteiger partial charge in [-0.1, -0.05) is 11.8 Å². The van der Waals surface area contributed by atoms with E-state index in [1.54, 1.807) is 0 Å². The Morgan fingerprint density at radius 2 is 2.31 bits per heavy atom. The number of nitrogens with zero attached hydrogens (tertiary/aromatic N) is 1. The third-order valence-corrected chi connectivity index (χ3v) is 3.40. The van der Waals surface area contributed by atoms with E-state index in [1.807, 2.05) is 11.8 Å². The minimum Gasteiger partial charge on any atom is -0.381 e. The Kier molecular flexibility index (Phi) is 3.49. The zero-order chi connectivity index (χ0) is 8.93. The van der Waals surface area contributed by atoms with E-state index in [2.05, 4.69) is 10.3 Å². The Labute approximate surface area is 83.3 Å². The lowest BCUT2D eigenvalue weighted by Gasteiger charge is -2.22. The second-order valence-corrected chi connectivity index (χ2v) is 4.56. The molecule has 0 aromatic rings. The van der Waals surface area contributed by atoms with Gasteiger partial charge in [0.1, 0.15) is 0 Å². The first-order chi connectivity index (χ1) is 6.45. The van der Waals surface area contributed by atoms with Crippen molar-refractivity contribution in [1.82, 2.24) is 5.32 Å². The molecule has 3 nitrogen and oxygen atoms in total. The number of amidine groups is 1. The van der Waals surface area contributed by atoms with Crippen LogP contribution in [0.25, 0.3) is 0 Å². The fourth-order valence-corrected chi connectivity index (χ4v) is 2.37. The molecule has 0 unspecified atom stereocenters. The van der Waals surface area contributed by atoms with Gasteiger partial charge in [0.15, 0.2) is 5.17 Å². The van der Waals surface area contributed by atoms with Gasteiger partial charge in [-0.15, -0.1) is 0 Å².